The van der Waals surface area contributed by atoms with Gasteiger partial charge in [0.05, 0.1) is 12.9 Å². The van der Waals surface area contributed by atoms with Crippen molar-refractivity contribution in [2.45, 2.75) is 26.4 Å². The molecule has 0 fully saturated rings. The van der Waals surface area contributed by atoms with Crippen LogP contribution >= 0.6 is 0 Å². The molecule has 3 heterocycles. The van der Waals surface area contributed by atoms with Crippen molar-refractivity contribution in [1.82, 2.24) is 23.7 Å². The third-order valence-electron chi connectivity index (χ3n) is 3.97. The molecule has 3 aromatic rings. The molecule has 1 N–H and O–H groups in total. The lowest BCUT2D eigenvalue weighted by Crippen LogP contribution is -2.39. The molecule has 0 bridgehead atoms. The van der Waals surface area contributed by atoms with Gasteiger partial charge in [0.1, 0.15) is 0 Å². The molecule has 0 amide bonds. The predicted molar refractivity (Wildman–Crippen MR) is 89.0 cm³/mol. The molecular formula is C16H19N5O3. The van der Waals surface area contributed by atoms with E-state index in [1.54, 1.807) is 24.1 Å². The van der Waals surface area contributed by atoms with Crippen LogP contribution < -0.4 is 11.2 Å². The monoisotopic (exact) mass is 329 g/mol. The van der Waals surface area contributed by atoms with Crippen LogP contribution in [-0.2, 0) is 20.1 Å². The second-order valence-corrected chi connectivity index (χ2v) is 5.73. The number of aliphatic hydroxyl groups excluding tert-OH is 1. The van der Waals surface area contributed by atoms with Gasteiger partial charge in [-0.15, -0.1) is 0 Å². The number of nitrogens with zero attached hydrogens (tertiary/aromatic N) is 5. The van der Waals surface area contributed by atoms with Crippen LogP contribution in [0, 0.1) is 6.92 Å². The van der Waals surface area contributed by atoms with E-state index >= 15 is 0 Å². The first-order valence-corrected chi connectivity index (χ1v) is 7.70. The lowest BCUT2D eigenvalue weighted by atomic mass is 10.2. The molecule has 0 unspecified atom stereocenters. The fourth-order valence-corrected chi connectivity index (χ4v) is 2.66. The number of hydrogen-bond donors (Lipinski definition) is 1. The van der Waals surface area contributed by atoms with E-state index in [0.717, 1.165) is 15.8 Å². The highest BCUT2D eigenvalue weighted by atomic mass is 16.3. The first-order chi connectivity index (χ1) is 11.5. The lowest BCUT2D eigenvalue weighted by molar-refractivity contribution is 0.277. The van der Waals surface area contributed by atoms with Gasteiger partial charge in [0, 0.05) is 32.1 Å². The smallest absolute Gasteiger partial charge is 0.332 e. The summed E-state index contributed by atoms with van der Waals surface area (Å²) < 4.78 is 4.22. The minimum absolute atomic E-state index is 0.0814. The SMILES string of the molecule is Cc1ccc(Cn2cnc3c2c(=O)n(CCCO)c(=O)n3C)cn1. The van der Waals surface area contributed by atoms with Crippen molar-refractivity contribution in [3.8, 4) is 0 Å². The molecule has 3 rings (SSSR count). The van der Waals surface area contributed by atoms with Gasteiger partial charge < -0.3 is 9.67 Å². The molecule has 0 saturated heterocycles. The van der Waals surface area contributed by atoms with E-state index in [1.807, 2.05) is 19.1 Å². The molecular weight excluding hydrogens is 310 g/mol. The first-order valence-electron chi connectivity index (χ1n) is 7.70. The van der Waals surface area contributed by atoms with Crippen molar-refractivity contribution < 1.29 is 5.11 Å². The second-order valence-electron chi connectivity index (χ2n) is 5.73. The molecule has 0 radical (unpaired) electrons. The molecule has 0 aliphatic heterocycles. The highest BCUT2D eigenvalue weighted by Crippen LogP contribution is 2.09. The Kier molecular flexibility index (Phi) is 4.30. The minimum atomic E-state index is -0.428. The average Bonchev–Trinajstić information content (AvgIpc) is 2.99. The molecule has 24 heavy (non-hydrogen) atoms. The van der Waals surface area contributed by atoms with Gasteiger partial charge in [-0.2, -0.15) is 0 Å². The zero-order valence-corrected chi connectivity index (χ0v) is 13.6. The van der Waals surface area contributed by atoms with Gasteiger partial charge in [-0.1, -0.05) is 6.07 Å². The summed E-state index contributed by atoms with van der Waals surface area (Å²) in [7, 11) is 1.59. The summed E-state index contributed by atoms with van der Waals surface area (Å²) in [4.78, 5) is 33.5. The Morgan fingerprint density at radius 3 is 2.67 bits per heavy atom. The summed E-state index contributed by atoms with van der Waals surface area (Å²) in [6, 6.07) is 3.85. The third-order valence-corrected chi connectivity index (χ3v) is 3.97. The largest absolute Gasteiger partial charge is 0.396 e. The van der Waals surface area contributed by atoms with Gasteiger partial charge in [-0.05, 0) is 25.0 Å². The number of rotatable bonds is 5. The van der Waals surface area contributed by atoms with Crippen molar-refractivity contribution in [3.63, 3.8) is 0 Å². The maximum absolute atomic E-state index is 12.7. The number of aliphatic hydroxyl groups is 1. The second kappa shape index (κ2) is 6.40. The van der Waals surface area contributed by atoms with Crippen LogP contribution in [0.4, 0.5) is 0 Å². The van der Waals surface area contributed by atoms with Crippen LogP contribution in [0.1, 0.15) is 17.7 Å². The fourth-order valence-electron chi connectivity index (χ4n) is 2.66. The summed E-state index contributed by atoms with van der Waals surface area (Å²) in [5.41, 5.74) is 1.77. The van der Waals surface area contributed by atoms with Crippen molar-refractivity contribution >= 4 is 11.2 Å². The van der Waals surface area contributed by atoms with E-state index in [1.165, 1.54) is 4.57 Å². The summed E-state index contributed by atoms with van der Waals surface area (Å²) in [6.07, 6.45) is 3.66. The standard InChI is InChI=1S/C16H19N5O3/c1-11-4-5-12(8-17-11)9-20-10-18-14-13(20)15(23)21(6-3-7-22)16(24)19(14)2/h4-5,8,10,22H,3,6-7,9H2,1-2H3. The number of fused-ring (bicyclic) bond motifs is 1. The molecule has 8 nitrogen and oxygen atoms in total. The Labute approximate surface area is 137 Å². The normalized spacial score (nSPS) is 11.3. The zero-order chi connectivity index (χ0) is 17.3. The van der Waals surface area contributed by atoms with E-state index < -0.39 is 5.69 Å². The molecule has 0 atom stereocenters. The quantitative estimate of drug-likeness (QED) is 0.713. The summed E-state index contributed by atoms with van der Waals surface area (Å²) in [5.74, 6) is 0. The maximum atomic E-state index is 12.7. The molecule has 0 spiro atoms. The van der Waals surface area contributed by atoms with E-state index in [0.29, 0.717) is 24.1 Å². The van der Waals surface area contributed by atoms with Gasteiger partial charge >= 0.3 is 5.69 Å². The van der Waals surface area contributed by atoms with Gasteiger partial charge in [-0.3, -0.25) is 18.9 Å². The Balaban J connectivity index is 2.13. The Morgan fingerprint density at radius 1 is 1.21 bits per heavy atom. The summed E-state index contributed by atoms with van der Waals surface area (Å²) in [6.45, 7) is 2.44. The van der Waals surface area contributed by atoms with Gasteiger partial charge in [0.15, 0.2) is 11.2 Å². The average molecular weight is 329 g/mol. The minimum Gasteiger partial charge on any atom is -0.396 e. The zero-order valence-electron chi connectivity index (χ0n) is 13.6. The Hall–Kier alpha value is -2.74. The molecule has 8 heteroatoms. The van der Waals surface area contributed by atoms with E-state index in [4.69, 9.17) is 5.11 Å². The molecule has 126 valence electrons. The van der Waals surface area contributed by atoms with E-state index in [-0.39, 0.29) is 18.7 Å². The molecule has 0 aliphatic carbocycles. The molecule has 0 aliphatic rings. The van der Waals surface area contributed by atoms with Gasteiger partial charge in [0.2, 0.25) is 0 Å². The summed E-state index contributed by atoms with van der Waals surface area (Å²) in [5, 5.41) is 8.98. The highest BCUT2D eigenvalue weighted by molar-refractivity contribution is 5.70. The van der Waals surface area contributed by atoms with E-state index in [9.17, 15) is 9.59 Å². The van der Waals surface area contributed by atoms with Gasteiger partial charge in [-0.25, -0.2) is 9.78 Å². The molecule has 0 saturated carbocycles. The van der Waals surface area contributed by atoms with E-state index in [2.05, 4.69) is 9.97 Å². The number of hydrogen-bond acceptors (Lipinski definition) is 5. The maximum Gasteiger partial charge on any atom is 0.332 e. The first kappa shape index (κ1) is 16.1. The lowest BCUT2D eigenvalue weighted by Gasteiger charge is -2.09. The van der Waals surface area contributed by atoms with Crippen molar-refractivity contribution in [3.05, 3.63) is 56.8 Å². The van der Waals surface area contributed by atoms with Crippen LogP contribution in [-0.4, -0.2) is 35.4 Å². The predicted octanol–water partition coefficient (Wildman–Crippen LogP) is 0.0308. The fraction of sp³-hybridized carbons (Fsp3) is 0.375. The Morgan fingerprint density at radius 2 is 2.00 bits per heavy atom. The van der Waals surface area contributed by atoms with Crippen molar-refractivity contribution in [2.75, 3.05) is 6.61 Å². The van der Waals surface area contributed by atoms with Crippen LogP contribution in [0.2, 0.25) is 0 Å². The van der Waals surface area contributed by atoms with Crippen LogP contribution in [0.15, 0.2) is 34.2 Å². The molecule has 0 aromatic carbocycles. The van der Waals surface area contributed by atoms with Crippen LogP contribution in [0.5, 0.6) is 0 Å². The molecule has 3 aromatic heterocycles. The van der Waals surface area contributed by atoms with Crippen LogP contribution in [0.3, 0.4) is 0 Å². The number of pyridine rings is 1. The van der Waals surface area contributed by atoms with Crippen molar-refractivity contribution in [2.24, 2.45) is 7.05 Å². The summed E-state index contributed by atoms with van der Waals surface area (Å²) >= 11 is 0. The third kappa shape index (κ3) is 2.76. The number of aromatic nitrogens is 5. The number of aryl methyl sites for hydroxylation is 2. The van der Waals surface area contributed by atoms with Crippen LogP contribution in [0.25, 0.3) is 11.2 Å². The van der Waals surface area contributed by atoms with Gasteiger partial charge in [0.25, 0.3) is 5.56 Å². The number of imidazole rings is 1. The Bertz CT molecular complexity index is 982. The topological polar surface area (TPSA) is 94.9 Å². The van der Waals surface area contributed by atoms with Crippen molar-refractivity contribution in [1.29, 1.82) is 0 Å². The highest BCUT2D eigenvalue weighted by Gasteiger charge is 2.16.